The number of carboxylic acid groups (broad SMARTS) is 2. The fourth-order valence-electron chi connectivity index (χ4n) is 2.64. The highest BCUT2D eigenvalue weighted by Crippen LogP contribution is 2.30. The van der Waals surface area contributed by atoms with Crippen LogP contribution in [0.2, 0.25) is 0 Å². The molecule has 10 heteroatoms. The fraction of sp³-hybridized carbons (Fsp3) is 0.609. The Kier molecular flexibility index (Phi) is 12.9. The number of alkyl carbamates (subject to hydrolysis) is 1. The normalized spacial score (nSPS) is 12.6. The van der Waals surface area contributed by atoms with Gasteiger partial charge in [0.2, 0.25) is 0 Å². The molecule has 188 valence electrons. The van der Waals surface area contributed by atoms with E-state index >= 15 is 0 Å². The highest BCUT2D eigenvalue weighted by Gasteiger charge is 2.24. The lowest BCUT2D eigenvalue weighted by atomic mass is 10.0. The molecule has 0 aliphatic carbocycles. The molecule has 0 bridgehead atoms. The van der Waals surface area contributed by atoms with Gasteiger partial charge < -0.3 is 35.5 Å². The molecule has 1 aromatic carbocycles. The Labute approximate surface area is 195 Å². The van der Waals surface area contributed by atoms with Crippen molar-refractivity contribution in [3.63, 3.8) is 0 Å². The number of amides is 1. The van der Waals surface area contributed by atoms with E-state index in [0.717, 1.165) is 5.56 Å². The molecule has 0 saturated carbocycles. The van der Waals surface area contributed by atoms with E-state index in [1.807, 2.05) is 20.8 Å². The van der Waals surface area contributed by atoms with E-state index in [-0.39, 0.29) is 12.3 Å². The summed E-state index contributed by atoms with van der Waals surface area (Å²) in [6, 6.07) is 3.75. The summed E-state index contributed by atoms with van der Waals surface area (Å²) in [6.45, 7) is 11.3. The maximum Gasteiger partial charge on any atom is 0.408 e. The molecule has 0 aliphatic heterocycles. The van der Waals surface area contributed by atoms with E-state index < -0.39 is 35.7 Å². The largest absolute Gasteiger partial charge is 0.493 e. The lowest BCUT2D eigenvalue weighted by Crippen LogP contribution is -2.44. The summed E-state index contributed by atoms with van der Waals surface area (Å²) < 4.78 is 15.5. The maximum absolute atomic E-state index is 11.4. The van der Waals surface area contributed by atoms with Crippen molar-refractivity contribution >= 4 is 18.0 Å². The maximum atomic E-state index is 11.4. The Balaban J connectivity index is 0.000000622. The van der Waals surface area contributed by atoms with Gasteiger partial charge in [0.25, 0.3) is 0 Å². The van der Waals surface area contributed by atoms with Crippen LogP contribution < -0.4 is 20.5 Å². The van der Waals surface area contributed by atoms with Crippen molar-refractivity contribution in [2.75, 3.05) is 13.7 Å². The summed E-state index contributed by atoms with van der Waals surface area (Å²) >= 11 is 0. The molecule has 0 aromatic heterocycles. The van der Waals surface area contributed by atoms with Gasteiger partial charge in [0.05, 0.1) is 20.1 Å². The molecular weight excluding hydrogens is 432 g/mol. The predicted molar refractivity (Wildman–Crippen MR) is 124 cm³/mol. The molecule has 0 heterocycles. The molecule has 0 aliphatic rings. The third-order valence-electron chi connectivity index (χ3n) is 4.01. The molecule has 0 saturated heterocycles. The van der Waals surface area contributed by atoms with Crippen LogP contribution in [0.1, 0.15) is 66.0 Å². The summed E-state index contributed by atoms with van der Waals surface area (Å²) in [4.78, 5) is 32.8. The first-order valence-electron chi connectivity index (χ1n) is 10.7. The number of hydrogen-bond acceptors (Lipinski definition) is 7. The number of methoxy groups -OCH3 is 1. The molecule has 0 spiro atoms. The molecule has 5 N–H and O–H groups in total. The zero-order chi connectivity index (χ0) is 25.8. The van der Waals surface area contributed by atoms with Gasteiger partial charge in [0.15, 0.2) is 11.5 Å². The van der Waals surface area contributed by atoms with E-state index in [1.165, 1.54) is 0 Å². The van der Waals surface area contributed by atoms with E-state index in [1.54, 1.807) is 46.1 Å². The predicted octanol–water partition coefficient (Wildman–Crippen LogP) is 3.58. The summed E-state index contributed by atoms with van der Waals surface area (Å²) in [5.41, 5.74) is 5.87. The Hall–Kier alpha value is -3.01. The van der Waals surface area contributed by atoms with Crippen LogP contribution in [0, 0.1) is 5.92 Å². The quantitative estimate of drug-likeness (QED) is 0.401. The zero-order valence-corrected chi connectivity index (χ0v) is 20.5. The summed E-state index contributed by atoms with van der Waals surface area (Å²) in [5.74, 6) is -0.590. The highest BCUT2D eigenvalue weighted by atomic mass is 16.6. The fourth-order valence-corrected chi connectivity index (χ4v) is 2.64. The topological polar surface area (TPSA) is 157 Å². The Morgan fingerprint density at radius 2 is 1.73 bits per heavy atom. The summed E-state index contributed by atoms with van der Waals surface area (Å²) in [7, 11) is 1.55. The molecular formula is C23H38N2O8. The van der Waals surface area contributed by atoms with E-state index in [2.05, 4.69) is 5.32 Å². The number of benzene rings is 1. The van der Waals surface area contributed by atoms with E-state index in [4.69, 9.17) is 30.2 Å². The molecule has 1 aromatic rings. The van der Waals surface area contributed by atoms with Crippen molar-refractivity contribution in [2.45, 2.75) is 72.1 Å². The SMILES string of the molecule is CC(C)CC(NC(=O)OC(C)(C)C)C(=O)O.CCOc1cc(C(N)CC(=O)O)ccc1OC. The lowest BCUT2D eigenvalue weighted by molar-refractivity contribution is -0.140. The Bertz CT molecular complexity index is 774. The van der Waals surface area contributed by atoms with Crippen LogP contribution >= 0.6 is 0 Å². The van der Waals surface area contributed by atoms with Crippen molar-refractivity contribution in [1.82, 2.24) is 5.32 Å². The van der Waals surface area contributed by atoms with Gasteiger partial charge in [-0.2, -0.15) is 0 Å². The first kappa shape index (κ1) is 30.0. The third kappa shape index (κ3) is 13.2. The average Bonchev–Trinajstić information content (AvgIpc) is 2.65. The molecule has 2 atom stereocenters. The zero-order valence-electron chi connectivity index (χ0n) is 20.5. The van der Waals surface area contributed by atoms with Gasteiger partial charge in [-0.15, -0.1) is 0 Å². The molecule has 10 nitrogen and oxygen atoms in total. The molecule has 0 radical (unpaired) electrons. The van der Waals surface area contributed by atoms with Crippen molar-refractivity contribution < 1.29 is 38.8 Å². The highest BCUT2D eigenvalue weighted by molar-refractivity contribution is 5.80. The van der Waals surface area contributed by atoms with Crippen molar-refractivity contribution in [3.05, 3.63) is 23.8 Å². The van der Waals surface area contributed by atoms with Crippen LogP contribution in [0.5, 0.6) is 11.5 Å². The average molecular weight is 471 g/mol. The van der Waals surface area contributed by atoms with Gasteiger partial charge in [-0.05, 0) is 57.7 Å². The second-order valence-corrected chi connectivity index (χ2v) is 8.71. The minimum Gasteiger partial charge on any atom is -0.493 e. The van der Waals surface area contributed by atoms with Gasteiger partial charge in [0, 0.05) is 6.04 Å². The van der Waals surface area contributed by atoms with E-state index in [0.29, 0.717) is 24.5 Å². The van der Waals surface area contributed by atoms with Crippen molar-refractivity contribution in [3.8, 4) is 11.5 Å². The van der Waals surface area contributed by atoms with Gasteiger partial charge in [0.1, 0.15) is 11.6 Å². The number of carbonyl (C=O) groups is 3. The van der Waals surface area contributed by atoms with Crippen molar-refractivity contribution in [1.29, 1.82) is 0 Å². The monoisotopic (exact) mass is 470 g/mol. The number of carboxylic acids is 2. The van der Waals surface area contributed by atoms with Crippen LogP contribution in [0.15, 0.2) is 18.2 Å². The van der Waals surface area contributed by atoms with Gasteiger partial charge in [-0.25, -0.2) is 9.59 Å². The molecule has 33 heavy (non-hydrogen) atoms. The minimum atomic E-state index is -1.04. The van der Waals surface area contributed by atoms with Crippen LogP contribution in [-0.2, 0) is 14.3 Å². The standard InChI is InChI=1S/C12H17NO4.C11H21NO4/c1-3-17-11-6-8(4-5-10(11)16-2)9(13)7-12(14)15;1-7(2)6-8(9(13)14)12-10(15)16-11(3,4)5/h4-6,9H,3,7,13H2,1-2H3,(H,14,15);7-8H,6H2,1-5H3,(H,12,15)(H,13,14). The number of nitrogens with one attached hydrogen (secondary N) is 1. The number of carbonyl (C=O) groups excluding carboxylic acids is 1. The summed E-state index contributed by atoms with van der Waals surface area (Å²) in [6.07, 6.45) is -0.424. The first-order valence-corrected chi connectivity index (χ1v) is 10.7. The molecule has 1 rings (SSSR count). The Morgan fingerprint density at radius 3 is 2.15 bits per heavy atom. The second-order valence-electron chi connectivity index (χ2n) is 8.71. The molecule has 0 fully saturated rings. The van der Waals surface area contributed by atoms with Gasteiger partial charge in [-0.3, -0.25) is 4.79 Å². The number of aliphatic carboxylic acids is 2. The number of hydrogen-bond donors (Lipinski definition) is 4. The Morgan fingerprint density at radius 1 is 1.12 bits per heavy atom. The van der Waals surface area contributed by atoms with E-state index in [9.17, 15) is 14.4 Å². The van der Waals surface area contributed by atoms with Crippen molar-refractivity contribution in [2.24, 2.45) is 11.7 Å². The first-order chi connectivity index (χ1) is 15.2. The molecule has 2 unspecified atom stereocenters. The van der Waals surface area contributed by atoms with Crippen LogP contribution in [0.3, 0.4) is 0 Å². The van der Waals surface area contributed by atoms with Gasteiger partial charge >= 0.3 is 18.0 Å². The van der Waals surface area contributed by atoms with Crippen LogP contribution in [0.25, 0.3) is 0 Å². The summed E-state index contributed by atoms with van der Waals surface area (Å²) in [5, 5.41) is 19.9. The molecule has 1 amide bonds. The second kappa shape index (κ2) is 14.2. The van der Waals surface area contributed by atoms with Crippen LogP contribution in [-0.4, -0.2) is 53.6 Å². The smallest absolute Gasteiger partial charge is 0.408 e. The van der Waals surface area contributed by atoms with Crippen LogP contribution in [0.4, 0.5) is 4.79 Å². The number of rotatable bonds is 10. The number of ether oxygens (including phenoxy) is 3. The van der Waals surface area contributed by atoms with Gasteiger partial charge in [-0.1, -0.05) is 19.9 Å². The third-order valence-corrected chi connectivity index (χ3v) is 4.01. The number of nitrogens with two attached hydrogens (primary N) is 1. The lowest BCUT2D eigenvalue weighted by Gasteiger charge is -2.22. The minimum absolute atomic E-state index is 0.113.